The van der Waals surface area contributed by atoms with Gasteiger partial charge in [0.2, 0.25) is 0 Å². The summed E-state index contributed by atoms with van der Waals surface area (Å²) in [5.41, 5.74) is 4.01. The molecule has 0 bridgehead atoms. The molecule has 4 rings (SSSR count). The predicted octanol–water partition coefficient (Wildman–Crippen LogP) is 4.59. The molecule has 3 aromatic rings. The second kappa shape index (κ2) is 8.88. The predicted molar refractivity (Wildman–Crippen MR) is 120 cm³/mol. The van der Waals surface area contributed by atoms with Crippen LogP contribution >= 0.6 is 0 Å². The molecule has 2 atom stereocenters. The molecule has 31 heavy (non-hydrogen) atoms. The number of aromatic nitrogens is 2. The number of fused-ring (bicyclic) bond motifs is 1. The topological polar surface area (TPSA) is 73.7 Å². The van der Waals surface area contributed by atoms with Crippen molar-refractivity contribution in [1.82, 2.24) is 9.97 Å². The fraction of sp³-hybridized carbons (Fsp3) is 0.391. The first-order valence-electron chi connectivity index (χ1n) is 10.3. The van der Waals surface area contributed by atoms with E-state index in [0.29, 0.717) is 36.8 Å². The summed E-state index contributed by atoms with van der Waals surface area (Å²) in [5.74, 6) is 0.658. The Morgan fingerprint density at radius 1 is 1.29 bits per heavy atom. The maximum absolute atomic E-state index is 13.9. The van der Waals surface area contributed by atoms with Gasteiger partial charge in [-0.15, -0.1) is 0 Å². The Labute approximate surface area is 182 Å². The highest BCUT2D eigenvalue weighted by Gasteiger charge is 2.20. The lowest BCUT2D eigenvalue weighted by Crippen LogP contribution is -2.17. The maximum Gasteiger partial charge on any atom is 0.126 e. The number of hydrogen-bond acceptors (Lipinski definition) is 6. The van der Waals surface area contributed by atoms with Gasteiger partial charge in [-0.1, -0.05) is 13.0 Å². The van der Waals surface area contributed by atoms with Crippen LogP contribution in [0.15, 0.2) is 41.0 Å². The third-order valence-electron chi connectivity index (χ3n) is 5.40. The number of nitrogens with zero attached hydrogens (tertiary/aromatic N) is 3. The number of hydrogen-bond donors (Lipinski definition) is 0. The highest BCUT2D eigenvalue weighted by Crippen LogP contribution is 2.30. The largest absolute Gasteiger partial charge is 0.488 e. The lowest BCUT2D eigenvalue weighted by molar-refractivity contribution is 0.140. The van der Waals surface area contributed by atoms with Crippen LogP contribution in [0.5, 0.6) is 5.75 Å². The number of ether oxygens (including phenoxy) is 2. The van der Waals surface area contributed by atoms with Crippen LogP contribution in [0, 0.1) is 12.7 Å². The molecule has 164 valence electrons. The minimum absolute atomic E-state index is 0.0731. The van der Waals surface area contributed by atoms with E-state index in [0.717, 1.165) is 34.1 Å². The van der Waals surface area contributed by atoms with E-state index in [-0.39, 0.29) is 11.9 Å². The zero-order chi connectivity index (χ0) is 22.0. The maximum atomic E-state index is 13.9. The first-order valence-corrected chi connectivity index (χ1v) is 12.4. The summed E-state index contributed by atoms with van der Waals surface area (Å²) in [5, 5.41) is 0.917. The number of rotatable bonds is 6. The van der Waals surface area contributed by atoms with Crippen LogP contribution in [0.4, 0.5) is 10.1 Å². The third kappa shape index (κ3) is 5.02. The monoisotopic (exact) mass is 443 g/mol. The van der Waals surface area contributed by atoms with Crippen LogP contribution in [0.1, 0.15) is 30.2 Å². The minimum Gasteiger partial charge on any atom is -0.488 e. The van der Waals surface area contributed by atoms with E-state index in [1.807, 2.05) is 26.0 Å². The number of halogens is 1. The summed E-state index contributed by atoms with van der Waals surface area (Å²) in [7, 11) is -2.27. The average Bonchev–Trinajstić information content (AvgIpc) is 3.22. The molecule has 0 spiro atoms. The molecule has 1 fully saturated rings. The average molecular weight is 444 g/mol. The van der Waals surface area contributed by atoms with E-state index >= 15 is 0 Å². The molecule has 2 aromatic carbocycles. The summed E-state index contributed by atoms with van der Waals surface area (Å²) >= 11 is 0. The Hall–Kier alpha value is -2.58. The Morgan fingerprint density at radius 2 is 2.13 bits per heavy atom. The van der Waals surface area contributed by atoms with Gasteiger partial charge < -0.3 is 9.47 Å². The van der Waals surface area contributed by atoms with Crippen molar-refractivity contribution < 1.29 is 18.1 Å². The molecule has 0 aliphatic carbocycles. The number of aryl methyl sites for hydroxylation is 1. The summed E-state index contributed by atoms with van der Waals surface area (Å²) in [6.45, 7) is 4.99. The van der Waals surface area contributed by atoms with Crippen molar-refractivity contribution in [2.45, 2.75) is 32.8 Å². The van der Waals surface area contributed by atoms with Crippen LogP contribution in [0.25, 0.3) is 10.9 Å². The van der Waals surface area contributed by atoms with Crippen molar-refractivity contribution >= 4 is 26.3 Å². The second-order valence-corrected chi connectivity index (χ2v) is 10.5. The van der Waals surface area contributed by atoms with Gasteiger partial charge in [0, 0.05) is 51.6 Å². The van der Waals surface area contributed by atoms with Crippen LogP contribution in [0.2, 0.25) is 0 Å². The molecular formula is C23H26FN3O3S. The Balaban J connectivity index is 1.73. The molecule has 1 aliphatic rings. The van der Waals surface area contributed by atoms with Gasteiger partial charge in [-0.05, 0) is 30.7 Å². The zero-order valence-corrected chi connectivity index (χ0v) is 18.7. The highest BCUT2D eigenvalue weighted by molar-refractivity contribution is 7.93. The van der Waals surface area contributed by atoms with Gasteiger partial charge >= 0.3 is 0 Å². The normalized spacial score (nSPS) is 18.1. The van der Waals surface area contributed by atoms with Gasteiger partial charge in [-0.3, -0.25) is 0 Å². The zero-order valence-electron chi connectivity index (χ0n) is 17.9. The third-order valence-corrected chi connectivity index (χ3v) is 7.07. The highest BCUT2D eigenvalue weighted by atomic mass is 32.2. The van der Waals surface area contributed by atoms with Crippen molar-refractivity contribution in [2.24, 2.45) is 4.36 Å². The van der Waals surface area contributed by atoms with Crippen molar-refractivity contribution in [3.05, 3.63) is 59.3 Å². The molecule has 0 N–H and O–H groups in total. The molecule has 1 saturated heterocycles. The molecule has 0 unspecified atom stereocenters. The summed E-state index contributed by atoms with van der Waals surface area (Å²) < 4.78 is 42.2. The second-order valence-electron chi connectivity index (χ2n) is 7.85. The summed E-state index contributed by atoms with van der Waals surface area (Å²) in [6.07, 6.45) is 4.35. The van der Waals surface area contributed by atoms with Crippen LogP contribution < -0.4 is 4.74 Å². The van der Waals surface area contributed by atoms with Crippen LogP contribution in [-0.2, 0) is 20.9 Å². The molecule has 0 radical (unpaired) electrons. The van der Waals surface area contributed by atoms with E-state index in [4.69, 9.17) is 9.47 Å². The van der Waals surface area contributed by atoms with Gasteiger partial charge in [0.1, 0.15) is 24.0 Å². The van der Waals surface area contributed by atoms with Crippen LogP contribution in [0.3, 0.4) is 0 Å². The van der Waals surface area contributed by atoms with E-state index in [1.54, 1.807) is 12.3 Å². The SMILES string of the molecule is CC[S@](C)(=O)=Nc1cc(C)c2c(Cc3ccc(F)cc3O[C@H]3CCOC3)ncnc2c1. The molecule has 1 aliphatic heterocycles. The van der Waals surface area contributed by atoms with Crippen molar-refractivity contribution in [2.75, 3.05) is 25.2 Å². The minimum atomic E-state index is -2.27. The molecule has 0 saturated carbocycles. The number of benzene rings is 2. The first kappa shape index (κ1) is 21.6. The Bertz CT molecular complexity index is 1230. The molecule has 2 heterocycles. The van der Waals surface area contributed by atoms with Gasteiger partial charge in [0.15, 0.2) is 0 Å². The summed E-state index contributed by atoms with van der Waals surface area (Å²) in [4.78, 5) is 8.92. The standard InChI is InChI=1S/C23H26FN3O3S/c1-4-31(3,28)27-18-9-15(2)23-20(25-14-26-21(23)12-18)10-16-5-6-17(24)11-22(16)30-19-7-8-29-13-19/h5-6,9,11-12,14,19H,4,7-8,10,13H2,1-3H3/t19-,31-/m0/s1. The molecule has 1 aromatic heterocycles. The molecule has 8 heteroatoms. The van der Waals surface area contributed by atoms with E-state index in [9.17, 15) is 8.60 Å². The van der Waals surface area contributed by atoms with E-state index in [2.05, 4.69) is 14.3 Å². The first-order chi connectivity index (χ1) is 14.8. The Morgan fingerprint density at radius 3 is 2.87 bits per heavy atom. The molecular weight excluding hydrogens is 417 g/mol. The van der Waals surface area contributed by atoms with Crippen LogP contribution in [-0.4, -0.2) is 45.5 Å². The molecule has 0 amide bonds. The van der Waals surface area contributed by atoms with E-state index < -0.39 is 9.73 Å². The van der Waals surface area contributed by atoms with Gasteiger partial charge in [-0.2, -0.15) is 4.36 Å². The quantitative estimate of drug-likeness (QED) is 0.557. The van der Waals surface area contributed by atoms with Gasteiger partial charge in [0.25, 0.3) is 0 Å². The Kier molecular flexibility index (Phi) is 6.20. The lowest BCUT2D eigenvalue weighted by Gasteiger charge is -2.16. The smallest absolute Gasteiger partial charge is 0.126 e. The summed E-state index contributed by atoms with van der Waals surface area (Å²) in [6, 6.07) is 8.34. The van der Waals surface area contributed by atoms with Crippen molar-refractivity contribution in [3.8, 4) is 5.75 Å². The van der Waals surface area contributed by atoms with Crippen molar-refractivity contribution in [3.63, 3.8) is 0 Å². The van der Waals surface area contributed by atoms with E-state index in [1.165, 1.54) is 18.5 Å². The fourth-order valence-electron chi connectivity index (χ4n) is 3.68. The van der Waals surface area contributed by atoms with Crippen molar-refractivity contribution in [1.29, 1.82) is 0 Å². The molecule has 6 nitrogen and oxygen atoms in total. The van der Waals surface area contributed by atoms with Gasteiger partial charge in [-0.25, -0.2) is 18.6 Å². The van der Waals surface area contributed by atoms with Gasteiger partial charge in [0.05, 0.1) is 30.1 Å². The lowest BCUT2D eigenvalue weighted by atomic mass is 10.0. The fourth-order valence-corrected chi connectivity index (χ4v) is 4.36.